The minimum Gasteiger partial charge on any atom is -0.462 e. The predicted octanol–water partition coefficient (Wildman–Crippen LogP) is 2.96. The third-order valence-corrected chi connectivity index (χ3v) is 3.17. The molecule has 0 aliphatic carbocycles. The monoisotopic (exact) mass is 288 g/mol. The predicted molar refractivity (Wildman–Crippen MR) is 82.2 cm³/mol. The maximum atomic E-state index is 11.2. The van der Waals surface area contributed by atoms with Crippen LogP contribution in [0.1, 0.15) is 29.6 Å². The van der Waals surface area contributed by atoms with E-state index in [0.29, 0.717) is 12.3 Å². The third kappa shape index (κ3) is 3.86. The fourth-order valence-corrected chi connectivity index (χ4v) is 2.23. The Morgan fingerprint density at radius 3 is 2.33 bits per heavy atom. The molecule has 5 heteroatoms. The minimum atomic E-state index is -0.0936. The maximum absolute atomic E-state index is 11.2. The summed E-state index contributed by atoms with van der Waals surface area (Å²) in [6.45, 7) is 5.86. The van der Waals surface area contributed by atoms with Gasteiger partial charge >= 0.3 is 0 Å². The van der Waals surface area contributed by atoms with E-state index in [1.807, 2.05) is 32.0 Å². The van der Waals surface area contributed by atoms with E-state index in [4.69, 9.17) is 9.52 Å². The molecule has 3 N–H and O–H groups in total. The number of amides is 1. The van der Waals surface area contributed by atoms with E-state index in [-0.39, 0.29) is 12.5 Å². The largest absolute Gasteiger partial charge is 0.462 e. The van der Waals surface area contributed by atoms with Crippen LogP contribution in [0.4, 0.5) is 11.4 Å². The number of carbonyl (C=O) groups is 1. The van der Waals surface area contributed by atoms with E-state index in [2.05, 4.69) is 10.6 Å². The maximum Gasteiger partial charge on any atom is 0.221 e. The van der Waals surface area contributed by atoms with Crippen LogP contribution < -0.4 is 10.6 Å². The lowest BCUT2D eigenvalue weighted by Crippen LogP contribution is -2.09. The Kier molecular flexibility index (Phi) is 4.65. The molecule has 0 radical (unpaired) electrons. The molecule has 0 fully saturated rings. The van der Waals surface area contributed by atoms with E-state index in [0.717, 1.165) is 28.3 Å². The molecule has 1 heterocycles. The first-order valence-electron chi connectivity index (χ1n) is 6.80. The van der Waals surface area contributed by atoms with Gasteiger partial charge in [-0.3, -0.25) is 4.79 Å². The Hall–Kier alpha value is -2.27. The van der Waals surface area contributed by atoms with Crippen LogP contribution in [0.25, 0.3) is 0 Å². The van der Waals surface area contributed by atoms with Crippen molar-refractivity contribution in [2.45, 2.75) is 33.9 Å². The van der Waals surface area contributed by atoms with Gasteiger partial charge in [-0.25, -0.2) is 0 Å². The number of anilines is 2. The molecule has 0 aliphatic heterocycles. The van der Waals surface area contributed by atoms with Crippen molar-refractivity contribution in [3.05, 3.63) is 46.9 Å². The van der Waals surface area contributed by atoms with Crippen molar-refractivity contribution in [2.75, 3.05) is 10.6 Å². The van der Waals surface area contributed by atoms with Gasteiger partial charge in [0.05, 0.1) is 6.54 Å². The molecule has 2 rings (SSSR count). The highest BCUT2D eigenvalue weighted by Gasteiger charge is 2.07. The Labute approximate surface area is 124 Å². The van der Waals surface area contributed by atoms with Crippen LogP contribution in [0.3, 0.4) is 0 Å². The smallest absolute Gasteiger partial charge is 0.221 e. The lowest BCUT2D eigenvalue weighted by atomic mass is 10.1. The van der Waals surface area contributed by atoms with Crippen molar-refractivity contribution in [3.63, 3.8) is 0 Å². The summed E-state index contributed by atoms with van der Waals surface area (Å²) < 4.78 is 5.42. The quantitative estimate of drug-likeness (QED) is 0.790. The third-order valence-electron chi connectivity index (χ3n) is 3.17. The topological polar surface area (TPSA) is 74.5 Å². The summed E-state index contributed by atoms with van der Waals surface area (Å²) in [6, 6.07) is 7.56. The number of aryl methyl sites for hydroxylation is 2. The first-order valence-corrected chi connectivity index (χ1v) is 6.80. The number of nitrogens with one attached hydrogen (secondary N) is 2. The van der Waals surface area contributed by atoms with Crippen molar-refractivity contribution in [1.29, 1.82) is 0 Å². The highest BCUT2D eigenvalue weighted by Crippen LogP contribution is 2.25. The molecule has 2 aromatic rings. The zero-order valence-electron chi connectivity index (χ0n) is 12.5. The molecule has 0 saturated carbocycles. The van der Waals surface area contributed by atoms with Gasteiger partial charge in [0.15, 0.2) is 0 Å². The van der Waals surface area contributed by atoms with Gasteiger partial charge in [0.25, 0.3) is 0 Å². The van der Waals surface area contributed by atoms with Gasteiger partial charge in [0.1, 0.15) is 18.1 Å². The van der Waals surface area contributed by atoms with E-state index >= 15 is 0 Å². The molecule has 1 aromatic heterocycles. The van der Waals surface area contributed by atoms with Crippen molar-refractivity contribution in [2.24, 2.45) is 0 Å². The Balaban J connectivity index is 2.08. The second kappa shape index (κ2) is 6.45. The molecule has 0 saturated heterocycles. The molecular formula is C16H20N2O3. The Morgan fingerprint density at radius 1 is 1.19 bits per heavy atom. The fourth-order valence-electron chi connectivity index (χ4n) is 2.23. The number of rotatable bonds is 5. The summed E-state index contributed by atoms with van der Waals surface area (Å²) in [5.74, 6) is 1.24. The Bertz CT molecular complexity index is 624. The first kappa shape index (κ1) is 15.1. The van der Waals surface area contributed by atoms with Gasteiger partial charge in [0.2, 0.25) is 5.91 Å². The van der Waals surface area contributed by atoms with Crippen LogP contribution in [-0.2, 0) is 17.9 Å². The molecule has 0 aliphatic rings. The summed E-state index contributed by atoms with van der Waals surface area (Å²) in [7, 11) is 0. The number of aliphatic hydroxyl groups is 1. The summed E-state index contributed by atoms with van der Waals surface area (Å²) in [6.07, 6.45) is 0. The van der Waals surface area contributed by atoms with Gasteiger partial charge in [-0.1, -0.05) is 0 Å². The number of carbonyl (C=O) groups excluding carboxylic acids is 1. The van der Waals surface area contributed by atoms with E-state index in [1.54, 1.807) is 6.07 Å². The lowest BCUT2D eigenvalue weighted by Gasteiger charge is -2.13. The van der Waals surface area contributed by atoms with Crippen LogP contribution in [0.2, 0.25) is 0 Å². The zero-order chi connectivity index (χ0) is 15.4. The van der Waals surface area contributed by atoms with Crippen molar-refractivity contribution in [1.82, 2.24) is 0 Å². The lowest BCUT2D eigenvalue weighted by molar-refractivity contribution is -0.114. The molecule has 21 heavy (non-hydrogen) atoms. The highest BCUT2D eigenvalue weighted by molar-refractivity contribution is 5.90. The first-order chi connectivity index (χ1) is 9.99. The molecule has 1 amide bonds. The normalized spacial score (nSPS) is 10.5. The van der Waals surface area contributed by atoms with E-state index in [1.165, 1.54) is 6.92 Å². The molecule has 0 unspecified atom stereocenters. The fraction of sp³-hybridized carbons (Fsp3) is 0.312. The molecular weight excluding hydrogens is 268 g/mol. The molecule has 0 bridgehead atoms. The van der Waals surface area contributed by atoms with Gasteiger partial charge < -0.3 is 20.2 Å². The molecule has 0 spiro atoms. The standard InChI is InChI=1S/C16H20N2O3/c1-10-6-13(7-11(2)16(10)18-12(3)20)17-8-14-4-5-15(9-19)21-14/h4-7,17,19H,8-9H2,1-3H3,(H,18,20). The molecule has 112 valence electrons. The highest BCUT2D eigenvalue weighted by atomic mass is 16.4. The number of hydrogen-bond donors (Lipinski definition) is 3. The molecule has 1 aromatic carbocycles. The summed E-state index contributed by atoms with van der Waals surface area (Å²) in [5, 5.41) is 15.1. The summed E-state index contributed by atoms with van der Waals surface area (Å²) in [5.41, 5.74) is 3.82. The number of furan rings is 1. The Morgan fingerprint density at radius 2 is 1.81 bits per heavy atom. The SMILES string of the molecule is CC(=O)Nc1c(C)cc(NCc2ccc(CO)o2)cc1C. The van der Waals surface area contributed by atoms with Crippen LogP contribution in [-0.4, -0.2) is 11.0 Å². The average molecular weight is 288 g/mol. The van der Waals surface area contributed by atoms with Crippen molar-refractivity contribution >= 4 is 17.3 Å². The molecule has 0 atom stereocenters. The molecule has 5 nitrogen and oxygen atoms in total. The number of hydrogen-bond acceptors (Lipinski definition) is 4. The van der Waals surface area contributed by atoms with Gasteiger partial charge in [-0.05, 0) is 49.2 Å². The van der Waals surface area contributed by atoms with Gasteiger partial charge in [-0.15, -0.1) is 0 Å². The average Bonchev–Trinajstić information content (AvgIpc) is 2.88. The number of benzene rings is 1. The van der Waals surface area contributed by atoms with E-state index < -0.39 is 0 Å². The van der Waals surface area contributed by atoms with Gasteiger partial charge in [0, 0.05) is 18.3 Å². The van der Waals surface area contributed by atoms with Crippen LogP contribution in [0.5, 0.6) is 0 Å². The van der Waals surface area contributed by atoms with E-state index in [9.17, 15) is 4.79 Å². The summed E-state index contributed by atoms with van der Waals surface area (Å²) in [4.78, 5) is 11.2. The zero-order valence-corrected chi connectivity index (χ0v) is 12.5. The van der Waals surface area contributed by atoms with Crippen LogP contribution in [0, 0.1) is 13.8 Å². The second-order valence-electron chi connectivity index (χ2n) is 5.05. The van der Waals surface area contributed by atoms with Gasteiger partial charge in [-0.2, -0.15) is 0 Å². The summed E-state index contributed by atoms with van der Waals surface area (Å²) >= 11 is 0. The number of aliphatic hydroxyl groups excluding tert-OH is 1. The minimum absolute atomic E-state index is 0.0750. The van der Waals surface area contributed by atoms with Crippen LogP contribution in [0.15, 0.2) is 28.7 Å². The second-order valence-corrected chi connectivity index (χ2v) is 5.05. The van der Waals surface area contributed by atoms with Crippen LogP contribution >= 0.6 is 0 Å². The van der Waals surface area contributed by atoms with Crippen molar-refractivity contribution < 1.29 is 14.3 Å². The van der Waals surface area contributed by atoms with Crippen molar-refractivity contribution in [3.8, 4) is 0 Å².